The number of nitrogens with zero attached hydrogens (tertiary/aromatic N) is 1. The van der Waals surface area contributed by atoms with Crippen LogP contribution in [0.5, 0.6) is 0 Å². The van der Waals surface area contributed by atoms with Crippen LogP contribution in [-0.2, 0) is 0 Å². The van der Waals surface area contributed by atoms with Crippen LogP contribution in [-0.4, -0.2) is 4.92 Å². The second-order valence-corrected chi connectivity index (χ2v) is 2.41. The van der Waals surface area contributed by atoms with Crippen molar-refractivity contribution in [2.75, 3.05) is 0 Å². The normalized spacial score (nSPS) is 9.64. The van der Waals surface area contributed by atoms with E-state index in [4.69, 9.17) is 0 Å². The minimum atomic E-state index is -0.398. The van der Waals surface area contributed by atoms with Gasteiger partial charge in [0.25, 0.3) is 5.69 Å². The molecule has 0 aromatic heterocycles. The average molecular weight is 150 g/mol. The Morgan fingerprint density at radius 3 is 2.55 bits per heavy atom. The molecule has 0 bridgehead atoms. The van der Waals surface area contributed by atoms with Crippen LogP contribution in [0.1, 0.15) is 11.1 Å². The topological polar surface area (TPSA) is 43.1 Å². The first-order valence-corrected chi connectivity index (χ1v) is 3.25. The van der Waals surface area contributed by atoms with Gasteiger partial charge in [-0.3, -0.25) is 10.1 Å². The smallest absolute Gasteiger partial charge is 0.258 e. The lowest BCUT2D eigenvalue weighted by Gasteiger charge is -1.95. The van der Waals surface area contributed by atoms with Crippen molar-refractivity contribution in [3.63, 3.8) is 0 Å². The highest BCUT2D eigenvalue weighted by atomic mass is 16.6. The predicted octanol–water partition coefficient (Wildman–Crippen LogP) is 2.01. The van der Waals surface area contributed by atoms with Crippen LogP contribution in [0.4, 0.5) is 5.69 Å². The summed E-state index contributed by atoms with van der Waals surface area (Å²) in [6.45, 7) is 3.54. The van der Waals surface area contributed by atoms with Gasteiger partial charge < -0.3 is 0 Å². The van der Waals surface area contributed by atoms with Gasteiger partial charge in [0.2, 0.25) is 0 Å². The van der Waals surface area contributed by atoms with E-state index < -0.39 is 4.92 Å². The van der Waals surface area contributed by atoms with Crippen LogP contribution in [0.2, 0.25) is 0 Å². The molecule has 57 valence electrons. The minimum absolute atomic E-state index is 0.135. The van der Waals surface area contributed by atoms with E-state index in [0.29, 0.717) is 5.56 Å². The van der Waals surface area contributed by atoms with E-state index in [-0.39, 0.29) is 5.69 Å². The zero-order valence-electron chi connectivity index (χ0n) is 6.42. The van der Waals surface area contributed by atoms with Crippen LogP contribution in [0.15, 0.2) is 12.1 Å². The number of rotatable bonds is 1. The second-order valence-electron chi connectivity index (χ2n) is 2.41. The molecule has 0 aliphatic heterocycles. The molecule has 11 heavy (non-hydrogen) atoms. The monoisotopic (exact) mass is 150 g/mol. The van der Waals surface area contributed by atoms with Crippen LogP contribution in [0.3, 0.4) is 0 Å². The molecule has 1 rings (SSSR count). The molecular weight excluding hydrogens is 142 g/mol. The summed E-state index contributed by atoms with van der Waals surface area (Å²) in [4.78, 5) is 9.92. The fourth-order valence-electron chi connectivity index (χ4n) is 0.928. The second kappa shape index (κ2) is 2.70. The Hall–Kier alpha value is -1.38. The van der Waals surface area contributed by atoms with Crippen LogP contribution >= 0.6 is 0 Å². The van der Waals surface area contributed by atoms with Crippen molar-refractivity contribution in [2.24, 2.45) is 0 Å². The van der Waals surface area contributed by atoms with Crippen molar-refractivity contribution in [1.82, 2.24) is 0 Å². The molecule has 1 aromatic rings. The first-order chi connectivity index (χ1) is 5.11. The first-order valence-electron chi connectivity index (χ1n) is 3.25. The molecule has 1 aromatic carbocycles. The van der Waals surface area contributed by atoms with E-state index in [1.165, 1.54) is 6.07 Å². The zero-order chi connectivity index (χ0) is 8.43. The van der Waals surface area contributed by atoms with E-state index >= 15 is 0 Å². The maximum atomic E-state index is 10.3. The van der Waals surface area contributed by atoms with Gasteiger partial charge in [0, 0.05) is 11.6 Å². The quantitative estimate of drug-likeness (QED) is 0.454. The molecule has 3 nitrogen and oxygen atoms in total. The third-order valence-electron chi connectivity index (χ3n) is 1.46. The van der Waals surface area contributed by atoms with Crippen LogP contribution in [0, 0.1) is 30.0 Å². The number of nitro groups is 1. The molecule has 0 atom stereocenters. The Balaban J connectivity index is 3.20. The summed E-state index contributed by atoms with van der Waals surface area (Å²) < 4.78 is 0. The Bertz CT molecular complexity index is 294. The highest BCUT2D eigenvalue weighted by Gasteiger charge is 2.08. The Morgan fingerprint density at radius 1 is 1.45 bits per heavy atom. The lowest BCUT2D eigenvalue weighted by atomic mass is 10.1. The van der Waals surface area contributed by atoms with E-state index in [0.717, 1.165) is 5.56 Å². The maximum absolute atomic E-state index is 10.3. The molecule has 0 amide bonds. The lowest BCUT2D eigenvalue weighted by molar-refractivity contribution is -0.385. The van der Waals surface area contributed by atoms with E-state index in [1.807, 2.05) is 6.92 Å². The van der Waals surface area contributed by atoms with Gasteiger partial charge in [0.1, 0.15) is 0 Å². The lowest BCUT2D eigenvalue weighted by Crippen LogP contribution is -1.91. The summed E-state index contributed by atoms with van der Waals surface area (Å²) in [5.74, 6) is 0. The molecule has 0 fully saturated rings. The molecule has 0 aliphatic rings. The van der Waals surface area contributed by atoms with E-state index in [1.54, 1.807) is 13.0 Å². The molecule has 0 saturated carbocycles. The summed E-state index contributed by atoms with van der Waals surface area (Å²) in [5.41, 5.74) is 1.65. The van der Waals surface area contributed by atoms with Crippen molar-refractivity contribution >= 4 is 5.69 Å². The Morgan fingerprint density at radius 2 is 2.09 bits per heavy atom. The predicted molar refractivity (Wildman–Crippen MR) is 41.4 cm³/mol. The molecular formula is C8H8NO2. The van der Waals surface area contributed by atoms with Crippen molar-refractivity contribution in [2.45, 2.75) is 13.8 Å². The molecule has 0 aliphatic carbocycles. The number of aryl methyl sites for hydroxylation is 2. The standard InChI is InChI=1S/C8H8NO2/c1-6-3-4-8(9(10)11)7(2)5-6/h3-4H,1-2H3. The van der Waals surface area contributed by atoms with Gasteiger partial charge in [-0.15, -0.1) is 0 Å². The third kappa shape index (κ3) is 1.55. The van der Waals surface area contributed by atoms with E-state index in [2.05, 4.69) is 6.07 Å². The summed E-state index contributed by atoms with van der Waals surface area (Å²) in [7, 11) is 0. The average Bonchev–Trinajstić information content (AvgIpc) is 1.85. The molecule has 0 spiro atoms. The Kier molecular flexibility index (Phi) is 1.89. The van der Waals surface area contributed by atoms with Gasteiger partial charge >= 0.3 is 0 Å². The summed E-state index contributed by atoms with van der Waals surface area (Å²) >= 11 is 0. The SMILES string of the molecule is Cc1[c]c(C)c([N+](=O)[O-])cc1. The van der Waals surface area contributed by atoms with Crippen molar-refractivity contribution in [1.29, 1.82) is 0 Å². The minimum Gasteiger partial charge on any atom is -0.258 e. The van der Waals surface area contributed by atoms with Gasteiger partial charge in [-0.2, -0.15) is 0 Å². The molecule has 0 heterocycles. The summed E-state index contributed by atoms with van der Waals surface area (Å²) in [5, 5.41) is 10.3. The van der Waals surface area contributed by atoms with Gasteiger partial charge in [0.15, 0.2) is 0 Å². The van der Waals surface area contributed by atoms with Gasteiger partial charge in [0.05, 0.1) is 4.92 Å². The van der Waals surface area contributed by atoms with Gasteiger partial charge in [-0.05, 0) is 25.5 Å². The highest BCUT2D eigenvalue weighted by Crippen LogP contribution is 2.17. The highest BCUT2D eigenvalue weighted by molar-refractivity contribution is 5.40. The van der Waals surface area contributed by atoms with Gasteiger partial charge in [-0.25, -0.2) is 0 Å². The summed E-state index contributed by atoms with van der Waals surface area (Å²) in [6.07, 6.45) is 0. The molecule has 0 saturated heterocycles. The van der Waals surface area contributed by atoms with E-state index in [9.17, 15) is 10.1 Å². The fourth-order valence-corrected chi connectivity index (χ4v) is 0.928. The Labute approximate surface area is 64.8 Å². The number of benzene rings is 1. The maximum Gasteiger partial charge on any atom is 0.272 e. The van der Waals surface area contributed by atoms with Crippen LogP contribution < -0.4 is 0 Å². The largest absolute Gasteiger partial charge is 0.272 e. The fraction of sp³-hybridized carbons (Fsp3) is 0.250. The molecule has 3 heteroatoms. The van der Waals surface area contributed by atoms with Gasteiger partial charge in [-0.1, -0.05) is 6.07 Å². The van der Waals surface area contributed by atoms with Crippen molar-refractivity contribution in [3.8, 4) is 0 Å². The molecule has 1 radical (unpaired) electrons. The van der Waals surface area contributed by atoms with Crippen molar-refractivity contribution in [3.05, 3.63) is 39.4 Å². The number of hydrogen-bond donors (Lipinski definition) is 0. The van der Waals surface area contributed by atoms with Crippen LogP contribution in [0.25, 0.3) is 0 Å². The number of hydrogen-bond acceptors (Lipinski definition) is 2. The van der Waals surface area contributed by atoms with Crippen molar-refractivity contribution < 1.29 is 4.92 Å². The third-order valence-corrected chi connectivity index (χ3v) is 1.46. The molecule has 0 unspecified atom stereocenters. The summed E-state index contributed by atoms with van der Waals surface area (Å²) in [6, 6.07) is 6.07. The molecule has 0 N–H and O–H groups in total. The number of nitro benzene ring substituents is 1. The zero-order valence-corrected chi connectivity index (χ0v) is 6.42. The first kappa shape index (κ1) is 7.72.